The minimum atomic E-state index is -1.18. The number of ether oxygens (including phenoxy) is 1. The van der Waals surface area contributed by atoms with Crippen molar-refractivity contribution in [3.05, 3.63) is 0 Å². The van der Waals surface area contributed by atoms with Crippen LogP contribution in [0.5, 0.6) is 0 Å². The Bertz CT molecular complexity index is 345. The van der Waals surface area contributed by atoms with E-state index in [1.165, 1.54) is 0 Å². The van der Waals surface area contributed by atoms with Crippen molar-refractivity contribution in [2.45, 2.75) is 63.2 Å². The summed E-state index contributed by atoms with van der Waals surface area (Å²) in [7, 11) is 0. The molecule has 5 nitrogen and oxygen atoms in total. The number of likely N-dealkylation sites (tertiary alicyclic amines) is 1. The minimum absolute atomic E-state index is 0.121. The van der Waals surface area contributed by atoms with Crippen LogP contribution in [0.4, 0.5) is 4.79 Å². The van der Waals surface area contributed by atoms with Gasteiger partial charge >= 0.3 is 6.09 Å². The highest BCUT2D eigenvalue weighted by atomic mass is 16.6. The van der Waals surface area contributed by atoms with Gasteiger partial charge in [0.25, 0.3) is 0 Å². The van der Waals surface area contributed by atoms with E-state index in [0.717, 1.165) is 19.3 Å². The third-order valence-corrected chi connectivity index (χ3v) is 3.82. The summed E-state index contributed by atoms with van der Waals surface area (Å²) in [4.78, 5) is 13.8. The third kappa shape index (κ3) is 2.62. The lowest BCUT2D eigenvalue weighted by molar-refractivity contribution is -0.0900. The first kappa shape index (κ1) is 13.6. The summed E-state index contributed by atoms with van der Waals surface area (Å²) in [5.41, 5.74) is -1.84. The molecule has 0 bridgehead atoms. The quantitative estimate of drug-likeness (QED) is 0.742. The maximum Gasteiger partial charge on any atom is 0.410 e. The highest BCUT2D eigenvalue weighted by Gasteiger charge is 2.56. The van der Waals surface area contributed by atoms with Gasteiger partial charge in [0.2, 0.25) is 0 Å². The van der Waals surface area contributed by atoms with Gasteiger partial charge in [-0.15, -0.1) is 0 Å². The number of aliphatic hydroxyl groups is 2. The zero-order chi connectivity index (χ0) is 13.6. The number of hydrogen-bond donors (Lipinski definition) is 2. The van der Waals surface area contributed by atoms with Gasteiger partial charge < -0.3 is 14.9 Å². The van der Waals surface area contributed by atoms with E-state index >= 15 is 0 Å². The molecule has 1 heterocycles. The summed E-state index contributed by atoms with van der Waals surface area (Å²) in [6.07, 6.45) is 2.83. The molecule has 5 heteroatoms. The molecule has 2 aliphatic rings. The SMILES string of the molecule is CC(C)(C)OC(=O)N1CC(O)(CO)CCC12CC2. The zero-order valence-electron chi connectivity index (χ0n) is 11.4. The first-order valence-electron chi connectivity index (χ1n) is 6.54. The van der Waals surface area contributed by atoms with E-state index < -0.39 is 11.2 Å². The second-order valence-electron chi connectivity index (χ2n) is 6.67. The van der Waals surface area contributed by atoms with Crippen LogP contribution in [0.25, 0.3) is 0 Å². The van der Waals surface area contributed by atoms with E-state index in [4.69, 9.17) is 4.74 Å². The van der Waals surface area contributed by atoms with Crippen LogP contribution in [-0.2, 0) is 4.74 Å². The zero-order valence-corrected chi connectivity index (χ0v) is 11.4. The smallest absolute Gasteiger partial charge is 0.410 e. The number of amides is 1. The van der Waals surface area contributed by atoms with Gasteiger partial charge in [0.1, 0.15) is 11.2 Å². The standard InChI is InChI=1S/C13H23NO4/c1-11(2,3)18-10(16)14-8-13(17,9-15)7-6-12(14)4-5-12/h15,17H,4-9H2,1-3H3. The van der Waals surface area contributed by atoms with Crippen molar-refractivity contribution in [3.63, 3.8) is 0 Å². The van der Waals surface area contributed by atoms with Gasteiger partial charge in [0.15, 0.2) is 0 Å². The monoisotopic (exact) mass is 257 g/mol. The molecule has 1 amide bonds. The summed E-state index contributed by atoms with van der Waals surface area (Å²) in [5, 5.41) is 19.4. The highest BCUT2D eigenvalue weighted by Crippen LogP contribution is 2.50. The second kappa shape index (κ2) is 4.10. The molecule has 2 fully saturated rings. The first-order chi connectivity index (χ1) is 8.20. The molecular formula is C13H23NO4. The number of rotatable bonds is 1. The fourth-order valence-corrected chi connectivity index (χ4v) is 2.51. The van der Waals surface area contributed by atoms with Crippen molar-refractivity contribution in [1.82, 2.24) is 4.90 Å². The Morgan fingerprint density at radius 2 is 1.83 bits per heavy atom. The van der Waals surface area contributed by atoms with Crippen LogP contribution < -0.4 is 0 Å². The fourth-order valence-electron chi connectivity index (χ4n) is 2.51. The first-order valence-corrected chi connectivity index (χ1v) is 6.54. The lowest BCUT2D eigenvalue weighted by Gasteiger charge is -2.44. The topological polar surface area (TPSA) is 70.0 Å². The molecule has 0 aromatic carbocycles. The van der Waals surface area contributed by atoms with Crippen molar-refractivity contribution in [2.75, 3.05) is 13.2 Å². The Morgan fingerprint density at radius 3 is 2.28 bits per heavy atom. The molecule has 0 aromatic heterocycles. The molecule has 1 unspecified atom stereocenters. The van der Waals surface area contributed by atoms with Gasteiger partial charge in [-0.25, -0.2) is 4.79 Å². The molecule has 18 heavy (non-hydrogen) atoms. The van der Waals surface area contributed by atoms with Gasteiger partial charge in [0, 0.05) is 5.54 Å². The van der Waals surface area contributed by atoms with E-state index in [-0.39, 0.29) is 24.8 Å². The van der Waals surface area contributed by atoms with Crippen LogP contribution in [-0.4, -0.2) is 51.1 Å². The second-order valence-corrected chi connectivity index (χ2v) is 6.67. The molecule has 1 spiro atoms. The number of aliphatic hydroxyl groups excluding tert-OH is 1. The van der Waals surface area contributed by atoms with Gasteiger partial charge in [-0.05, 0) is 46.5 Å². The highest BCUT2D eigenvalue weighted by molar-refractivity contribution is 5.70. The summed E-state index contributed by atoms with van der Waals surface area (Å²) in [5.74, 6) is 0. The molecule has 1 atom stereocenters. The van der Waals surface area contributed by atoms with Crippen LogP contribution >= 0.6 is 0 Å². The molecule has 104 valence electrons. The summed E-state index contributed by atoms with van der Waals surface area (Å²) < 4.78 is 5.38. The molecule has 2 N–H and O–H groups in total. The van der Waals surface area contributed by atoms with E-state index in [1.54, 1.807) is 4.90 Å². The van der Waals surface area contributed by atoms with E-state index in [1.807, 2.05) is 20.8 Å². The fraction of sp³-hybridized carbons (Fsp3) is 0.923. The predicted octanol–water partition coefficient (Wildman–Crippen LogP) is 1.27. The summed E-state index contributed by atoms with van der Waals surface area (Å²) in [6, 6.07) is 0. The average molecular weight is 257 g/mol. The number of piperidine rings is 1. The Hall–Kier alpha value is -0.810. The molecule has 1 aliphatic heterocycles. The molecule has 1 saturated carbocycles. The van der Waals surface area contributed by atoms with Gasteiger partial charge in [0.05, 0.1) is 13.2 Å². The van der Waals surface area contributed by atoms with Crippen molar-refractivity contribution in [2.24, 2.45) is 0 Å². The maximum atomic E-state index is 12.2. The van der Waals surface area contributed by atoms with E-state index in [0.29, 0.717) is 6.42 Å². The number of β-amino-alcohol motifs (C(OH)–C–C–N with tert-alkyl or cyclic N) is 1. The van der Waals surface area contributed by atoms with Gasteiger partial charge in [-0.1, -0.05) is 0 Å². The van der Waals surface area contributed by atoms with E-state index in [2.05, 4.69) is 0 Å². The maximum absolute atomic E-state index is 12.2. The van der Waals surface area contributed by atoms with Crippen LogP contribution in [0, 0.1) is 0 Å². The van der Waals surface area contributed by atoms with Gasteiger partial charge in [-0.2, -0.15) is 0 Å². The molecular weight excluding hydrogens is 234 g/mol. The molecule has 1 saturated heterocycles. The molecule has 0 radical (unpaired) electrons. The lowest BCUT2D eigenvalue weighted by atomic mass is 9.88. The van der Waals surface area contributed by atoms with Gasteiger partial charge in [-0.3, -0.25) is 4.90 Å². The Balaban J connectivity index is 2.10. The minimum Gasteiger partial charge on any atom is -0.444 e. The van der Waals surface area contributed by atoms with Crippen LogP contribution in [0.15, 0.2) is 0 Å². The normalized spacial score (nSPS) is 30.4. The number of carbonyl (C=O) groups is 1. The van der Waals surface area contributed by atoms with Crippen molar-refractivity contribution in [1.29, 1.82) is 0 Å². The predicted molar refractivity (Wildman–Crippen MR) is 66.2 cm³/mol. The largest absolute Gasteiger partial charge is 0.444 e. The third-order valence-electron chi connectivity index (χ3n) is 3.82. The van der Waals surface area contributed by atoms with Crippen molar-refractivity contribution in [3.8, 4) is 0 Å². The van der Waals surface area contributed by atoms with Crippen LogP contribution in [0.3, 0.4) is 0 Å². The van der Waals surface area contributed by atoms with E-state index in [9.17, 15) is 15.0 Å². The summed E-state index contributed by atoms with van der Waals surface area (Å²) in [6.45, 7) is 5.33. The average Bonchev–Trinajstić information content (AvgIpc) is 3.01. The van der Waals surface area contributed by atoms with Crippen LogP contribution in [0.1, 0.15) is 46.5 Å². The van der Waals surface area contributed by atoms with Crippen molar-refractivity contribution >= 4 is 6.09 Å². The Labute approximate surface area is 108 Å². The summed E-state index contributed by atoms with van der Waals surface area (Å²) >= 11 is 0. The molecule has 0 aromatic rings. The molecule has 1 aliphatic carbocycles. The Morgan fingerprint density at radius 1 is 1.28 bits per heavy atom. The molecule has 2 rings (SSSR count). The van der Waals surface area contributed by atoms with Crippen molar-refractivity contribution < 1.29 is 19.7 Å². The number of carbonyl (C=O) groups excluding carboxylic acids is 1. The number of nitrogens with zero attached hydrogens (tertiary/aromatic N) is 1. The number of hydrogen-bond acceptors (Lipinski definition) is 4. The van der Waals surface area contributed by atoms with Crippen LogP contribution in [0.2, 0.25) is 0 Å². The lowest BCUT2D eigenvalue weighted by Crippen LogP contribution is -2.58. The Kier molecular flexibility index (Phi) is 3.10.